The molecule has 3 aromatic rings. The molecule has 0 unspecified atom stereocenters. The average molecular weight is 366 g/mol. The molecule has 0 fully saturated rings. The second-order valence-corrected chi connectivity index (χ2v) is 7.07. The summed E-state index contributed by atoms with van der Waals surface area (Å²) < 4.78 is 3.15. The van der Waals surface area contributed by atoms with Crippen molar-refractivity contribution in [1.82, 2.24) is 14.8 Å². The SMILES string of the molecule is Cn1c(SCc2cccc(Br)c2)nnc1-c1cccs1. The zero-order valence-corrected chi connectivity index (χ0v) is 14.0. The molecule has 6 heteroatoms. The van der Waals surface area contributed by atoms with Crippen molar-refractivity contribution in [3.05, 3.63) is 51.8 Å². The molecule has 20 heavy (non-hydrogen) atoms. The predicted molar refractivity (Wildman–Crippen MR) is 88.0 cm³/mol. The zero-order valence-electron chi connectivity index (χ0n) is 10.8. The Labute approximate surface area is 134 Å². The number of thiophene rings is 1. The Bertz CT molecular complexity index is 707. The van der Waals surface area contributed by atoms with Crippen LogP contribution < -0.4 is 0 Å². The van der Waals surface area contributed by atoms with Crippen molar-refractivity contribution in [2.24, 2.45) is 7.05 Å². The maximum atomic E-state index is 4.28. The molecule has 1 aromatic carbocycles. The van der Waals surface area contributed by atoms with E-state index < -0.39 is 0 Å². The third kappa shape index (κ3) is 2.97. The van der Waals surface area contributed by atoms with Gasteiger partial charge in [0.25, 0.3) is 0 Å². The molecule has 0 amide bonds. The fraction of sp³-hybridized carbons (Fsp3) is 0.143. The van der Waals surface area contributed by atoms with Crippen LogP contribution in [0.3, 0.4) is 0 Å². The van der Waals surface area contributed by atoms with E-state index in [2.05, 4.69) is 54.3 Å². The van der Waals surface area contributed by atoms with E-state index in [1.165, 1.54) is 5.56 Å². The first kappa shape index (κ1) is 13.9. The number of aromatic nitrogens is 3. The highest BCUT2D eigenvalue weighted by molar-refractivity contribution is 9.10. The highest BCUT2D eigenvalue weighted by Crippen LogP contribution is 2.28. The first-order valence-corrected chi connectivity index (χ1v) is 8.70. The molecular formula is C14H12BrN3S2. The van der Waals surface area contributed by atoms with Gasteiger partial charge in [0.15, 0.2) is 11.0 Å². The number of halogens is 1. The summed E-state index contributed by atoms with van der Waals surface area (Å²) in [5.41, 5.74) is 1.27. The lowest BCUT2D eigenvalue weighted by Gasteiger charge is -2.03. The van der Waals surface area contributed by atoms with Crippen LogP contribution in [0.2, 0.25) is 0 Å². The summed E-state index contributed by atoms with van der Waals surface area (Å²) in [6.45, 7) is 0. The van der Waals surface area contributed by atoms with Gasteiger partial charge in [-0.2, -0.15) is 0 Å². The first-order chi connectivity index (χ1) is 9.74. The van der Waals surface area contributed by atoms with Crippen LogP contribution in [0.5, 0.6) is 0 Å². The van der Waals surface area contributed by atoms with Crippen LogP contribution in [0.1, 0.15) is 5.56 Å². The normalized spacial score (nSPS) is 10.9. The third-order valence-corrected chi connectivity index (χ3v) is 5.28. The number of nitrogens with zero attached hydrogens (tertiary/aromatic N) is 3. The molecule has 3 rings (SSSR count). The van der Waals surface area contributed by atoms with E-state index in [1.54, 1.807) is 23.1 Å². The van der Waals surface area contributed by atoms with E-state index in [0.717, 1.165) is 26.1 Å². The molecule has 0 N–H and O–H groups in total. The smallest absolute Gasteiger partial charge is 0.191 e. The van der Waals surface area contributed by atoms with Gasteiger partial charge in [0, 0.05) is 17.3 Å². The lowest BCUT2D eigenvalue weighted by atomic mass is 10.2. The second-order valence-electron chi connectivity index (χ2n) is 4.26. The van der Waals surface area contributed by atoms with Crippen LogP contribution in [0.25, 0.3) is 10.7 Å². The van der Waals surface area contributed by atoms with E-state index in [4.69, 9.17) is 0 Å². The zero-order chi connectivity index (χ0) is 13.9. The topological polar surface area (TPSA) is 30.7 Å². The molecule has 2 aromatic heterocycles. The Morgan fingerprint density at radius 3 is 2.90 bits per heavy atom. The molecule has 0 atom stereocenters. The van der Waals surface area contributed by atoms with Crippen LogP contribution in [-0.2, 0) is 12.8 Å². The quantitative estimate of drug-likeness (QED) is 0.633. The molecule has 0 aliphatic heterocycles. The van der Waals surface area contributed by atoms with Gasteiger partial charge in [-0.3, -0.25) is 0 Å². The molecular weight excluding hydrogens is 354 g/mol. The Morgan fingerprint density at radius 2 is 2.15 bits per heavy atom. The summed E-state index contributed by atoms with van der Waals surface area (Å²) in [4.78, 5) is 1.15. The highest BCUT2D eigenvalue weighted by atomic mass is 79.9. The summed E-state index contributed by atoms with van der Waals surface area (Å²) in [5.74, 6) is 1.81. The van der Waals surface area contributed by atoms with Gasteiger partial charge in [-0.05, 0) is 29.1 Å². The van der Waals surface area contributed by atoms with Crippen molar-refractivity contribution in [3.63, 3.8) is 0 Å². The van der Waals surface area contributed by atoms with Gasteiger partial charge in [0.1, 0.15) is 0 Å². The molecule has 0 saturated carbocycles. The van der Waals surface area contributed by atoms with Gasteiger partial charge in [-0.25, -0.2) is 0 Å². The van der Waals surface area contributed by atoms with Crippen molar-refractivity contribution in [2.75, 3.05) is 0 Å². The predicted octanol–water partition coefficient (Wildman–Crippen LogP) is 4.60. The van der Waals surface area contributed by atoms with Gasteiger partial charge in [-0.15, -0.1) is 21.5 Å². The van der Waals surface area contributed by atoms with Gasteiger partial charge < -0.3 is 4.57 Å². The molecule has 0 aliphatic carbocycles. The Morgan fingerprint density at radius 1 is 1.25 bits per heavy atom. The molecule has 0 saturated heterocycles. The molecule has 0 radical (unpaired) electrons. The minimum Gasteiger partial charge on any atom is -0.304 e. The van der Waals surface area contributed by atoms with Crippen molar-refractivity contribution in [2.45, 2.75) is 10.9 Å². The van der Waals surface area contributed by atoms with E-state index in [-0.39, 0.29) is 0 Å². The fourth-order valence-corrected chi connectivity index (χ4v) is 3.88. The fourth-order valence-electron chi connectivity index (χ4n) is 1.84. The largest absolute Gasteiger partial charge is 0.304 e. The number of hydrogen-bond donors (Lipinski definition) is 0. The lowest BCUT2D eigenvalue weighted by Crippen LogP contribution is -1.93. The number of benzene rings is 1. The lowest BCUT2D eigenvalue weighted by molar-refractivity contribution is 0.794. The van der Waals surface area contributed by atoms with Gasteiger partial charge in [0.05, 0.1) is 4.88 Å². The van der Waals surface area contributed by atoms with Crippen LogP contribution in [0.4, 0.5) is 0 Å². The highest BCUT2D eigenvalue weighted by Gasteiger charge is 2.11. The number of hydrogen-bond acceptors (Lipinski definition) is 4. The van der Waals surface area contributed by atoms with Crippen LogP contribution >= 0.6 is 39.0 Å². The summed E-state index contributed by atoms with van der Waals surface area (Å²) in [6.07, 6.45) is 0. The Hall–Kier alpha value is -1.11. The van der Waals surface area contributed by atoms with Crippen LogP contribution in [0.15, 0.2) is 51.4 Å². The van der Waals surface area contributed by atoms with Crippen molar-refractivity contribution in [1.29, 1.82) is 0 Å². The van der Waals surface area contributed by atoms with E-state index >= 15 is 0 Å². The first-order valence-electron chi connectivity index (χ1n) is 6.04. The standard InChI is InChI=1S/C14H12BrN3S2/c1-18-13(12-6-3-7-19-12)16-17-14(18)20-9-10-4-2-5-11(15)8-10/h2-8H,9H2,1H3. The Kier molecular flexibility index (Phi) is 4.24. The van der Waals surface area contributed by atoms with Crippen molar-refractivity contribution < 1.29 is 0 Å². The molecule has 102 valence electrons. The maximum Gasteiger partial charge on any atom is 0.191 e. The van der Waals surface area contributed by atoms with Crippen LogP contribution in [0, 0.1) is 0 Å². The summed E-state index contributed by atoms with van der Waals surface area (Å²) in [7, 11) is 2.01. The summed E-state index contributed by atoms with van der Waals surface area (Å²) in [5, 5.41) is 11.6. The van der Waals surface area contributed by atoms with Crippen molar-refractivity contribution in [3.8, 4) is 10.7 Å². The van der Waals surface area contributed by atoms with Gasteiger partial charge in [-0.1, -0.05) is 45.9 Å². The molecule has 0 aliphatic rings. The van der Waals surface area contributed by atoms with Crippen LogP contribution in [-0.4, -0.2) is 14.8 Å². The van der Waals surface area contributed by atoms with E-state index in [1.807, 2.05) is 25.2 Å². The van der Waals surface area contributed by atoms with E-state index in [9.17, 15) is 0 Å². The second kappa shape index (κ2) is 6.11. The van der Waals surface area contributed by atoms with Gasteiger partial charge in [0.2, 0.25) is 0 Å². The summed E-state index contributed by atoms with van der Waals surface area (Å²) in [6, 6.07) is 12.4. The van der Waals surface area contributed by atoms with E-state index in [0.29, 0.717) is 0 Å². The summed E-state index contributed by atoms with van der Waals surface area (Å²) >= 11 is 6.87. The molecule has 0 spiro atoms. The van der Waals surface area contributed by atoms with Crippen molar-refractivity contribution >= 4 is 39.0 Å². The average Bonchev–Trinajstić information content (AvgIpc) is 3.06. The minimum absolute atomic E-state index is 0.885. The maximum absolute atomic E-state index is 4.28. The molecule has 2 heterocycles. The monoisotopic (exact) mass is 365 g/mol. The molecule has 0 bridgehead atoms. The Balaban J connectivity index is 1.76. The minimum atomic E-state index is 0.885. The molecule has 3 nitrogen and oxygen atoms in total. The number of thioether (sulfide) groups is 1. The van der Waals surface area contributed by atoms with Gasteiger partial charge >= 0.3 is 0 Å². The third-order valence-electron chi connectivity index (χ3n) is 2.83. The number of rotatable bonds is 4.